The Morgan fingerprint density at radius 1 is 1.00 bits per heavy atom. The van der Waals surface area contributed by atoms with Crippen LogP contribution in [0.25, 0.3) is 0 Å². The zero-order chi connectivity index (χ0) is 13.3. The normalized spacial score (nSPS) is 37.1. The second-order valence-corrected chi connectivity index (χ2v) is 7.65. The third-order valence-electron chi connectivity index (χ3n) is 6.34. The highest BCUT2D eigenvalue weighted by atomic mass is 15.2. The number of hydrogen-bond donors (Lipinski definition) is 1. The molecule has 2 atom stereocenters. The first-order valence-corrected chi connectivity index (χ1v) is 8.65. The minimum absolute atomic E-state index is 0.341. The third kappa shape index (κ3) is 3.00. The summed E-state index contributed by atoms with van der Waals surface area (Å²) in [6.07, 6.45) is 14.4. The maximum absolute atomic E-state index is 6.25. The molecule has 110 valence electrons. The second kappa shape index (κ2) is 5.73. The first-order valence-electron chi connectivity index (χ1n) is 8.65. The average molecular weight is 264 g/mol. The number of likely N-dealkylation sites (N-methyl/N-ethyl adjacent to an activating group) is 1. The predicted molar refractivity (Wildman–Crippen MR) is 81.1 cm³/mol. The number of nitrogens with zero attached hydrogens (tertiary/aromatic N) is 1. The molecular formula is C17H32N2. The van der Waals surface area contributed by atoms with E-state index in [1.807, 2.05) is 0 Å². The van der Waals surface area contributed by atoms with Gasteiger partial charge in [0.2, 0.25) is 0 Å². The molecule has 2 N–H and O–H groups in total. The third-order valence-corrected chi connectivity index (χ3v) is 6.34. The fourth-order valence-corrected chi connectivity index (χ4v) is 4.82. The van der Waals surface area contributed by atoms with Gasteiger partial charge >= 0.3 is 0 Å². The molecule has 3 rings (SSSR count). The van der Waals surface area contributed by atoms with E-state index in [2.05, 4.69) is 11.9 Å². The van der Waals surface area contributed by atoms with Gasteiger partial charge in [-0.3, -0.25) is 4.90 Å². The van der Waals surface area contributed by atoms with Crippen LogP contribution in [0.5, 0.6) is 0 Å². The highest BCUT2D eigenvalue weighted by Crippen LogP contribution is 2.48. The molecule has 0 radical (unpaired) electrons. The smallest absolute Gasteiger partial charge is 0.0331 e. The quantitative estimate of drug-likeness (QED) is 0.824. The molecule has 2 heteroatoms. The van der Waals surface area contributed by atoms with Crippen molar-refractivity contribution in [1.82, 2.24) is 4.90 Å². The van der Waals surface area contributed by atoms with Gasteiger partial charge < -0.3 is 5.73 Å². The van der Waals surface area contributed by atoms with Crippen LogP contribution >= 0.6 is 0 Å². The van der Waals surface area contributed by atoms with Crippen molar-refractivity contribution in [3.8, 4) is 0 Å². The molecule has 2 unspecified atom stereocenters. The van der Waals surface area contributed by atoms with Gasteiger partial charge in [0, 0.05) is 18.6 Å². The molecule has 2 nitrogen and oxygen atoms in total. The summed E-state index contributed by atoms with van der Waals surface area (Å²) in [5.41, 5.74) is 6.60. The van der Waals surface area contributed by atoms with Gasteiger partial charge in [0.05, 0.1) is 0 Å². The summed E-state index contributed by atoms with van der Waals surface area (Å²) in [6.45, 7) is 2.17. The Morgan fingerprint density at radius 2 is 1.74 bits per heavy atom. The van der Waals surface area contributed by atoms with E-state index in [0.717, 1.165) is 24.3 Å². The lowest BCUT2D eigenvalue weighted by atomic mass is 9.72. The second-order valence-electron chi connectivity index (χ2n) is 7.65. The topological polar surface area (TPSA) is 29.3 Å². The molecule has 3 fully saturated rings. The molecule has 3 saturated carbocycles. The Balaban J connectivity index is 1.62. The largest absolute Gasteiger partial charge is 0.329 e. The molecular weight excluding hydrogens is 232 g/mol. The van der Waals surface area contributed by atoms with E-state index >= 15 is 0 Å². The van der Waals surface area contributed by atoms with Gasteiger partial charge in [0.15, 0.2) is 0 Å². The summed E-state index contributed by atoms with van der Waals surface area (Å²) in [7, 11) is 2.36. The van der Waals surface area contributed by atoms with Gasteiger partial charge in [0.1, 0.15) is 0 Å². The number of rotatable bonds is 5. The Labute approximate surface area is 119 Å². The van der Waals surface area contributed by atoms with Crippen LogP contribution in [0.15, 0.2) is 0 Å². The van der Waals surface area contributed by atoms with E-state index in [1.54, 1.807) is 0 Å². The molecule has 0 saturated heterocycles. The van der Waals surface area contributed by atoms with Gasteiger partial charge in [-0.2, -0.15) is 0 Å². The van der Waals surface area contributed by atoms with Crippen molar-refractivity contribution in [2.45, 2.75) is 69.7 Å². The molecule has 0 aromatic carbocycles. The predicted octanol–water partition coefficient (Wildman–Crippen LogP) is 3.41. The van der Waals surface area contributed by atoms with Crippen LogP contribution in [-0.2, 0) is 0 Å². The molecule has 0 spiro atoms. The van der Waals surface area contributed by atoms with Crippen molar-refractivity contribution in [2.24, 2.45) is 23.5 Å². The monoisotopic (exact) mass is 264 g/mol. The van der Waals surface area contributed by atoms with Crippen LogP contribution in [0.4, 0.5) is 0 Å². The zero-order valence-electron chi connectivity index (χ0n) is 12.7. The molecule has 3 aliphatic carbocycles. The van der Waals surface area contributed by atoms with Crippen LogP contribution < -0.4 is 5.73 Å². The van der Waals surface area contributed by atoms with Crippen LogP contribution in [-0.4, -0.2) is 30.6 Å². The molecule has 0 bridgehead atoms. The summed E-state index contributed by atoms with van der Waals surface area (Å²) in [5.74, 6) is 3.00. The first kappa shape index (κ1) is 13.9. The van der Waals surface area contributed by atoms with Gasteiger partial charge in [-0.15, -0.1) is 0 Å². The Hall–Kier alpha value is -0.0800. The van der Waals surface area contributed by atoms with Crippen molar-refractivity contribution in [2.75, 3.05) is 20.1 Å². The minimum atomic E-state index is 0.341. The number of hydrogen-bond acceptors (Lipinski definition) is 2. The summed E-state index contributed by atoms with van der Waals surface area (Å²) in [5, 5.41) is 0. The number of nitrogens with two attached hydrogens (primary N) is 1. The van der Waals surface area contributed by atoms with Crippen LogP contribution in [0, 0.1) is 17.8 Å². The molecule has 0 aromatic rings. The van der Waals surface area contributed by atoms with E-state index in [0.29, 0.717) is 5.54 Å². The Kier molecular flexibility index (Phi) is 4.19. The van der Waals surface area contributed by atoms with Crippen LogP contribution in [0.1, 0.15) is 64.2 Å². The zero-order valence-corrected chi connectivity index (χ0v) is 12.7. The average Bonchev–Trinajstić information content (AvgIpc) is 3.18. The summed E-state index contributed by atoms with van der Waals surface area (Å²) < 4.78 is 0. The van der Waals surface area contributed by atoms with Gasteiger partial charge in [-0.1, -0.05) is 25.7 Å². The molecule has 3 aliphatic rings. The van der Waals surface area contributed by atoms with E-state index in [1.165, 1.54) is 70.8 Å². The molecule has 0 heterocycles. The van der Waals surface area contributed by atoms with Crippen molar-refractivity contribution >= 4 is 0 Å². The van der Waals surface area contributed by atoms with Gasteiger partial charge in [-0.25, -0.2) is 0 Å². The molecule has 0 amide bonds. The lowest BCUT2D eigenvalue weighted by Crippen LogP contribution is -2.56. The fraction of sp³-hybridized carbons (Fsp3) is 1.00. The highest BCUT2D eigenvalue weighted by molar-refractivity contribution is 4.99. The minimum Gasteiger partial charge on any atom is -0.329 e. The first-order chi connectivity index (χ1) is 9.23. The molecule has 0 aliphatic heterocycles. The van der Waals surface area contributed by atoms with Gasteiger partial charge in [0.25, 0.3) is 0 Å². The maximum Gasteiger partial charge on any atom is 0.0331 e. The fourth-order valence-electron chi connectivity index (χ4n) is 4.82. The van der Waals surface area contributed by atoms with Gasteiger partial charge in [-0.05, 0) is 63.3 Å². The van der Waals surface area contributed by atoms with E-state index in [4.69, 9.17) is 5.73 Å². The molecule has 0 aromatic heterocycles. The summed E-state index contributed by atoms with van der Waals surface area (Å²) in [6, 6.07) is 0. The Morgan fingerprint density at radius 3 is 2.37 bits per heavy atom. The van der Waals surface area contributed by atoms with Crippen molar-refractivity contribution < 1.29 is 0 Å². The van der Waals surface area contributed by atoms with E-state index < -0.39 is 0 Å². The highest BCUT2D eigenvalue weighted by Gasteiger charge is 2.43. The summed E-state index contributed by atoms with van der Waals surface area (Å²) >= 11 is 0. The van der Waals surface area contributed by atoms with E-state index in [-0.39, 0.29) is 0 Å². The summed E-state index contributed by atoms with van der Waals surface area (Å²) in [4.78, 5) is 2.68. The lowest BCUT2D eigenvalue weighted by Gasteiger charge is -2.47. The van der Waals surface area contributed by atoms with Crippen molar-refractivity contribution in [1.29, 1.82) is 0 Å². The SMILES string of the molecule is CN(CC1CCCC1)C1(CN)CCCC(C2CC2)C1. The lowest BCUT2D eigenvalue weighted by molar-refractivity contribution is 0.0407. The van der Waals surface area contributed by atoms with Crippen molar-refractivity contribution in [3.05, 3.63) is 0 Å². The molecule has 19 heavy (non-hydrogen) atoms. The maximum atomic E-state index is 6.25. The van der Waals surface area contributed by atoms with Crippen LogP contribution in [0.2, 0.25) is 0 Å². The standard InChI is InChI=1S/C17H32N2/c1-19(12-14-5-2-3-6-14)17(13-18)10-4-7-16(11-17)15-8-9-15/h14-16H,2-13,18H2,1H3. The van der Waals surface area contributed by atoms with Crippen LogP contribution in [0.3, 0.4) is 0 Å². The Bertz CT molecular complexity index is 294. The van der Waals surface area contributed by atoms with Crippen molar-refractivity contribution in [3.63, 3.8) is 0 Å². The van der Waals surface area contributed by atoms with E-state index in [9.17, 15) is 0 Å².